The molecular weight excluding hydrogens is 288 g/mol. The number of carbonyl (C=O) groups is 1. The van der Waals surface area contributed by atoms with Crippen LogP contribution in [0, 0.1) is 34.0 Å². The molecule has 4 rings (SSSR count). The van der Waals surface area contributed by atoms with Crippen LogP contribution in [0.3, 0.4) is 0 Å². The largest absolute Gasteiger partial charge is 0.481 e. The van der Waals surface area contributed by atoms with Gasteiger partial charge in [0, 0.05) is 5.41 Å². The molecule has 4 aliphatic rings. The van der Waals surface area contributed by atoms with Crippen molar-refractivity contribution in [1.82, 2.24) is 0 Å². The van der Waals surface area contributed by atoms with Gasteiger partial charge in [-0.1, -0.05) is 25.5 Å². The molecule has 4 saturated carbocycles. The second-order valence-electron chi connectivity index (χ2n) is 9.49. The normalized spacial score (nSPS) is 55.2. The minimum atomic E-state index is -0.679. The topological polar surface area (TPSA) is 57.5 Å². The van der Waals surface area contributed by atoms with Crippen LogP contribution in [0.2, 0.25) is 0 Å². The van der Waals surface area contributed by atoms with Crippen molar-refractivity contribution in [3.8, 4) is 0 Å². The molecule has 2 bridgehead atoms. The Morgan fingerprint density at radius 1 is 1.22 bits per heavy atom. The van der Waals surface area contributed by atoms with Crippen LogP contribution in [0.15, 0.2) is 12.2 Å². The lowest BCUT2D eigenvalue weighted by atomic mass is 9.40. The van der Waals surface area contributed by atoms with E-state index in [2.05, 4.69) is 13.5 Å². The highest BCUT2D eigenvalue weighted by atomic mass is 16.4. The van der Waals surface area contributed by atoms with E-state index in [4.69, 9.17) is 0 Å². The van der Waals surface area contributed by atoms with E-state index in [1.165, 1.54) is 12.0 Å². The van der Waals surface area contributed by atoms with Gasteiger partial charge in [0.2, 0.25) is 0 Å². The third-order valence-corrected chi connectivity index (χ3v) is 8.64. The van der Waals surface area contributed by atoms with Gasteiger partial charge in [0.15, 0.2) is 0 Å². The molecule has 0 heterocycles. The van der Waals surface area contributed by atoms with E-state index in [9.17, 15) is 15.0 Å². The predicted octanol–water partition coefficient (Wildman–Crippen LogP) is 4.01. The molecule has 2 N–H and O–H groups in total. The molecule has 0 unspecified atom stereocenters. The fraction of sp³-hybridized carbons (Fsp3) is 0.850. The molecule has 0 radical (unpaired) electrons. The summed E-state index contributed by atoms with van der Waals surface area (Å²) >= 11 is 0. The molecule has 4 aliphatic carbocycles. The third-order valence-electron chi connectivity index (χ3n) is 8.64. The summed E-state index contributed by atoms with van der Waals surface area (Å²) in [6, 6.07) is 0. The molecule has 0 saturated heterocycles. The van der Waals surface area contributed by atoms with Gasteiger partial charge >= 0.3 is 5.97 Å². The van der Waals surface area contributed by atoms with Crippen molar-refractivity contribution in [2.75, 3.05) is 0 Å². The Bertz CT molecular complexity index is 569. The molecule has 0 aliphatic heterocycles. The Hall–Kier alpha value is -0.830. The summed E-state index contributed by atoms with van der Waals surface area (Å²) in [5.74, 6) is 0.479. The third kappa shape index (κ3) is 1.78. The summed E-state index contributed by atoms with van der Waals surface area (Å²) in [6.07, 6.45) is 7.57. The minimum Gasteiger partial charge on any atom is -0.481 e. The van der Waals surface area contributed by atoms with Crippen LogP contribution in [0.5, 0.6) is 0 Å². The Morgan fingerprint density at radius 3 is 2.65 bits per heavy atom. The van der Waals surface area contributed by atoms with Gasteiger partial charge in [0.1, 0.15) is 0 Å². The SMILES string of the molecule is C=C1C[C@@]23C[C@H]1CC[C@@H]2[C@@]1(C)CCC[C@](C)(C(=O)O)[C@@H]1C[C@@H]3O. The molecule has 0 aromatic rings. The van der Waals surface area contributed by atoms with Crippen LogP contribution in [0.1, 0.15) is 65.2 Å². The van der Waals surface area contributed by atoms with Crippen LogP contribution in [0.4, 0.5) is 0 Å². The number of aliphatic carboxylic acids is 1. The van der Waals surface area contributed by atoms with Gasteiger partial charge in [-0.2, -0.15) is 0 Å². The first-order valence-electron chi connectivity index (χ1n) is 9.33. The van der Waals surface area contributed by atoms with Gasteiger partial charge in [0.05, 0.1) is 11.5 Å². The zero-order valence-corrected chi connectivity index (χ0v) is 14.5. The Balaban J connectivity index is 1.80. The molecule has 23 heavy (non-hydrogen) atoms. The highest BCUT2D eigenvalue weighted by Crippen LogP contribution is 2.72. The molecule has 3 nitrogen and oxygen atoms in total. The molecule has 3 heteroatoms. The van der Waals surface area contributed by atoms with Gasteiger partial charge < -0.3 is 10.2 Å². The van der Waals surface area contributed by atoms with Gasteiger partial charge in [-0.15, -0.1) is 0 Å². The summed E-state index contributed by atoms with van der Waals surface area (Å²) < 4.78 is 0. The number of allylic oxidation sites excluding steroid dienone is 1. The van der Waals surface area contributed by atoms with Crippen LogP contribution in [0.25, 0.3) is 0 Å². The number of hydrogen-bond donors (Lipinski definition) is 2. The molecule has 128 valence electrons. The lowest BCUT2D eigenvalue weighted by molar-refractivity contribution is -0.208. The van der Waals surface area contributed by atoms with Crippen molar-refractivity contribution < 1.29 is 15.0 Å². The molecule has 1 spiro atoms. The van der Waals surface area contributed by atoms with E-state index in [-0.39, 0.29) is 22.9 Å². The molecule has 0 aromatic carbocycles. The fourth-order valence-electron chi connectivity index (χ4n) is 7.51. The zero-order chi connectivity index (χ0) is 16.6. The lowest BCUT2D eigenvalue weighted by Crippen LogP contribution is -2.62. The van der Waals surface area contributed by atoms with E-state index in [0.29, 0.717) is 18.3 Å². The predicted molar refractivity (Wildman–Crippen MR) is 88.8 cm³/mol. The highest BCUT2D eigenvalue weighted by Gasteiger charge is 2.67. The summed E-state index contributed by atoms with van der Waals surface area (Å²) in [6.45, 7) is 8.57. The van der Waals surface area contributed by atoms with Crippen molar-refractivity contribution in [2.45, 2.75) is 71.3 Å². The lowest BCUT2D eigenvalue weighted by Gasteiger charge is -2.64. The van der Waals surface area contributed by atoms with Crippen molar-refractivity contribution in [1.29, 1.82) is 0 Å². The average molecular weight is 318 g/mol. The smallest absolute Gasteiger partial charge is 0.309 e. The van der Waals surface area contributed by atoms with Crippen LogP contribution >= 0.6 is 0 Å². The van der Waals surface area contributed by atoms with Crippen molar-refractivity contribution in [2.24, 2.45) is 34.0 Å². The summed E-state index contributed by atoms with van der Waals surface area (Å²) in [5, 5.41) is 21.0. The van der Waals surface area contributed by atoms with Crippen LogP contribution in [-0.2, 0) is 4.79 Å². The first-order chi connectivity index (χ1) is 10.7. The minimum absolute atomic E-state index is 0.0119. The Morgan fingerprint density at radius 2 is 1.96 bits per heavy atom. The average Bonchev–Trinajstić information content (AvgIpc) is 2.73. The monoisotopic (exact) mass is 318 g/mol. The number of aliphatic hydroxyl groups is 1. The number of fused-ring (bicyclic) bond motifs is 3. The van der Waals surface area contributed by atoms with Gasteiger partial charge in [-0.3, -0.25) is 4.79 Å². The highest BCUT2D eigenvalue weighted by molar-refractivity contribution is 5.75. The molecule has 7 atom stereocenters. The molecule has 0 aromatic heterocycles. The van der Waals surface area contributed by atoms with Crippen molar-refractivity contribution in [3.63, 3.8) is 0 Å². The second-order valence-corrected chi connectivity index (χ2v) is 9.49. The summed E-state index contributed by atoms with van der Waals surface area (Å²) in [5.41, 5.74) is 0.704. The summed E-state index contributed by atoms with van der Waals surface area (Å²) in [4.78, 5) is 12.1. The van der Waals surface area contributed by atoms with E-state index in [1.54, 1.807) is 0 Å². The fourth-order valence-corrected chi connectivity index (χ4v) is 7.51. The molecule has 4 fully saturated rings. The first-order valence-corrected chi connectivity index (χ1v) is 9.33. The maximum absolute atomic E-state index is 12.1. The van der Waals surface area contributed by atoms with Gasteiger partial charge in [-0.05, 0) is 75.0 Å². The molecular formula is C20H30O3. The molecule has 0 amide bonds. The number of aliphatic hydroxyl groups excluding tert-OH is 1. The van der Waals surface area contributed by atoms with E-state index in [0.717, 1.165) is 38.5 Å². The van der Waals surface area contributed by atoms with E-state index >= 15 is 0 Å². The van der Waals surface area contributed by atoms with E-state index < -0.39 is 11.4 Å². The van der Waals surface area contributed by atoms with Gasteiger partial charge in [0.25, 0.3) is 0 Å². The van der Waals surface area contributed by atoms with Gasteiger partial charge in [-0.25, -0.2) is 0 Å². The Labute approximate surface area is 139 Å². The summed E-state index contributed by atoms with van der Waals surface area (Å²) in [7, 11) is 0. The number of carboxylic acids is 1. The number of rotatable bonds is 1. The van der Waals surface area contributed by atoms with Crippen molar-refractivity contribution >= 4 is 5.97 Å². The maximum atomic E-state index is 12.1. The standard InChI is InChI=1S/C20H30O3/c1-12-10-20-11-13(12)5-6-14(20)18(2)7-4-8-19(3,17(22)23)15(18)9-16(20)21/h13-16,21H,1,4-11H2,2-3H3,(H,22,23)/t13-,14-,15-,16+,18-,19+,20-/m1/s1. The van der Waals surface area contributed by atoms with Crippen molar-refractivity contribution in [3.05, 3.63) is 12.2 Å². The van der Waals surface area contributed by atoms with Crippen LogP contribution in [-0.4, -0.2) is 22.3 Å². The van der Waals surface area contributed by atoms with Crippen LogP contribution < -0.4 is 0 Å². The first kappa shape index (κ1) is 15.7. The quantitative estimate of drug-likeness (QED) is 0.718. The number of carboxylic acid groups (broad SMARTS) is 1. The zero-order valence-electron chi connectivity index (χ0n) is 14.5. The second kappa shape index (κ2) is 4.62. The van der Waals surface area contributed by atoms with E-state index in [1.807, 2.05) is 6.92 Å². The number of hydrogen-bond acceptors (Lipinski definition) is 2. The Kier molecular flexibility index (Phi) is 3.15. The maximum Gasteiger partial charge on any atom is 0.309 e.